The van der Waals surface area contributed by atoms with E-state index in [9.17, 15) is 30.0 Å². The highest BCUT2D eigenvalue weighted by molar-refractivity contribution is 8.00. The number of allylic oxidation sites excluding steroid dienone is 1. The molecule has 0 radical (unpaired) electrons. The lowest BCUT2D eigenvalue weighted by atomic mass is 9.93. The Morgan fingerprint density at radius 2 is 1.88 bits per heavy atom. The molecular weight excluding hydrogens is 468 g/mol. The monoisotopic (exact) mass is 502 g/mol. The highest BCUT2D eigenvalue weighted by atomic mass is 32.2. The van der Waals surface area contributed by atoms with Crippen LogP contribution in [0, 0.1) is 5.92 Å². The lowest BCUT2D eigenvalue weighted by Crippen LogP contribution is -2.63. The molecule has 0 aromatic rings. The number of fused-ring (bicyclic) bond motifs is 3. The van der Waals surface area contributed by atoms with Crippen LogP contribution in [-0.2, 0) is 14.2 Å². The van der Waals surface area contributed by atoms with Crippen LogP contribution in [-0.4, -0.2) is 111 Å². The second-order valence-electron chi connectivity index (χ2n) is 9.30. The van der Waals surface area contributed by atoms with Crippen molar-refractivity contribution in [2.45, 2.75) is 79.4 Å². The van der Waals surface area contributed by atoms with Crippen molar-refractivity contribution in [2.75, 3.05) is 26.3 Å². The first-order valence-electron chi connectivity index (χ1n) is 11.9. The summed E-state index contributed by atoms with van der Waals surface area (Å²) in [7, 11) is 0. The summed E-state index contributed by atoms with van der Waals surface area (Å²) < 4.78 is 16.7. The zero-order chi connectivity index (χ0) is 24.2. The molecule has 3 fully saturated rings. The number of aliphatic hydroxyl groups excluding tert-OH is 4. The fourth-order valence-electron chi connectivity index (χ4n) is 4.97. The molecule has 4 heterocycles. The molecule has 11 nitrogen and oxygen atoms in total. The van der Waals surface area contributed by atoms with E-state index in [1.54, 1.807) is 6.08 Å². The molecule has 4 rings (SSSR count). The number of hydrogen-bond donors (Lipinski definition) is 5. The number of rotatable bonds is 2. The summed E-state index contributed by atoms with van der Waals surface area (Å²) in [6.45, 7) is 1.37. The van der Waals surface area contributed by atoms with Crippen LogP contribution in [0.15, 0.2) is 12.2 Å². The minimum absolute atomic E-state index is 0.0441. The van der Waals surface area contributed by atoms with Gasteiger partial charge in [-0.3, -0.25) is 0 Å². The van der Waals surface area contributed by atoms with Crippen molar-refractivity contribution in [1.82, 2.24) is 10.2 Å². The van der Waals surface area contributed by atoms with E-state index in [4.69, 9.17) is 14.2 Å². The van der Waals surface area contributed by atoms with Gasteiger partial charge in [0.25, 0.3) is 0 Å². The van der Waals surface area contributed by atoms with Crippen LogP contribution in [0.4, 0.5) is 9.59 Å². The Morgan fingerprint density at radius 1 is 1.09 bits per heavy atom. The third-order valence-corrected chi connectivity index (χ3v) is 8.30. The van der Waals surface area contributed by atoms with Crippen LogP contribution in [0.3, 0.4) is 0 Å². The van der Waals surface area contributed by atoms with Crippen molar-refractivity contribution in [3.63, 3.8) is 0 Å². The first-order valence-corrected chi connectivity index (χ1v) is 12.8. The van der Waals surface area contributed by atoms with Crippen LogP contribution in [0.25, 0.3) is 0 Å². The molecule has 0 aromatic carbocycles. The van der Waals surface area contributed by atoms with Gasteiger partial charge in [-0.15, -0.1) is 11.8 Å². The molecule has 0 aromatic heterocycles. The molecule has 192 valence electrons. The van der Waals surface area contributed by atoms with Gasteiger partial charge in [-0.05, 0) is 25.7 Å². The lowest BCUT2D eigenvalue weighted by Gasteiger charge is -2.44. The molecule has 2 bridgehead atoms. The van der Waals surface area contributed by atoms with Crippen molar-refractivity contribution in [1.29, 1.82) is 0 Å². The normalized spacial score (nSPS) is 40.7. The Labute approximate surface area is 202 Å². The van der Waals surface area contributed by atoms with Crippen molar-refractivity contribution >= 4 is 23.9 Å². The summed E-state index contributed by atoms with van der Waals surface area (Å²) in [6, 6.07) is -0.824. The van der Waals surface area contributed by atoms with E-state index in [1.807, 2.05) is 6.08 Å². The van der Waals surface area contributed by atoms with Crippen LogP contribution in [0.1, 0.15) is 32.1 Å². The average molecular weight is 503 g/mol. The second kappa shape index (κ2) is 11.5. The summed E-state index contributed by atoms with van der Waals surface area (Å²) in [5.41, 5.74) is -0.911. The smallest absolute Gasteiger partial charge is 0.395 e. The molecule has 2 amide bonds. The van der Waals surface area contributed by atoms with Gasteiger partial charge in [0.15, 0.2) is 0 Å². The number of likely N-dealkylation sites (tertiary alicyclic amines) is 1. The molecule has 9 atom stereocenters. The minimum atomic E-state index is -1.50. The molecular formula is C22H34N2O9S. The van der Waals surface area contributed by atoms with Gasteiger partial charge in [0.2, 0.25) is 0 Å². The van der Waals surface area contributed by atoms with Gasteiger partial charge >= 0.3 is 12.2 Å². The third kappa shape index (κ3) is 5.86. The molecule has 5 N–H and O–H groups in total. The van der Waals surface area contributed by atoms with E-state index >= 15 is 0 Å². The van der Waals surface area contributed by atoms with Crippen LogP contribution >= 0.6 is 11.8 Å². The second-order valence-corrected chi connectivity index (χ2v) is 10.7. The quantitative estimate of drug-likeness (QED) is 0.256. The van der Waals surface area contributed by atoms with Gasteiger partial charge in [0.1, 0.15) is 29.9 Å². The molecule has 34 heavy (non-hydrogen) atoms. The van der Waals surface area contributed by atoms with Gasteiger partial charge < -0.3 is 44.9 Å². The Balaban J connectivity index is 1.39. The molecule has 0 saturated carbocycles. The van der Waals surface area contributed by atoms with Crippen molar-refractivity contribution in [3.8, 4) is 0 Å². The van der Waals surface area contributed by atoms with E-state index < -0.39 is 48.1 Å². The third-order valence-electron chi connectivity index (χ3n) is 6.91. The number of aliphatic hydroxyl groups is 4. The Morgan fingerprint density at radius 3 is 2.68 bits per heavy atom. The van der Waals surface area contributed by atoms with Gasteiger partial charge in [0.05, 0.1) is 25.3 Å². The topological polar surface area (TPSA) is 158 Å². The number of ether oxygens (including phenoxy) is 3. The van der Waals surface area contributed by atoms with Crippen molar-refractivity contribution < 1.29 is 44.2 Å². The van der Waals surface area contributed by atoms with Gasteiger partial charge in [-0.25, -0.2) is 9.59 Å². The van der Waals surface area contributed by atoms with Gasteiger partial charge in [-0.2, -0.15) is 0 Å². The molecule has 12 heteroatoms. The van der Waals surface area contributed by atoms with Crippen molar-refractivity contribution in [2.24, 2.45) is 5.92 Å². The van der Waals surface area contributed by atoms with E-state index in [-0.39, 0.29) is 30.3 Å². The zero-order valence-electron chi connectivity index (χ0n) is 18.9. The Hall–Kier alpha value is -1.41. The number of hydrogen-bond acceptors (Lipinski definition) is 10. The summed E-state index contributed by atoms with van der Waals surface area (Å²) in [4.78, 5) is 26.6. The standard InChI is InChI=1S/C22H34N2O9S/c25-11-13-6-1-2-7-14(19-17(27)16(26)18(28)20(32-19)34-13)23-21(29)33-22(30)24-9-12-5-3-4-8-31-15(12)10-24/h1-2,12-20,25-28H,3-11H2,(H,23,29)/t12?,13-,14+,15?,16-,17+,18+,19+,20+/m0/s1. The summed E-state index contributed by atoms with van der Waals surface area (Å²) >= 11 is 1.16. The number of alkyl carbamates (subject to hydrolysis) is 1. The molecule has 3 saturated heterocycles. The SMILES string of the molecule is O=C(N[C@@H]1CC=CC[C@@H](CO)S[C@H]2O[C@H]1[C@H](O)[C@H](O)[C@H]2O)OC(=O)N1CC2CCCCOC2C1. The molecule has 2 unspecified atom stereocenters. The van der Waals surface area contributed by atoms with E-state index in [0.29, 0.717) is 26.1 Å². The highest BCUT2D eigenvalue weighted by Gasteiger charge is 2.48. The number of nitrogens with zero attached hydrogens (tertiary/aromatic N) is 1. The number of thioether (sulfide) groups is 1. The predicted molar refractivity (Wildman–Crippen MR) is 121 cm³/mol. The number of nitrogens with one attached hydrogen (secondary N) is 1. The van der Waals surface area contributed by atoms with Gasteiger partial charge in [0, 0.05) is 24.3 Å². The molecule has 4 aliphatic rings. The highest BCUT2D eigenvalue weighted by Crippen LogP contribution is 2.35. The maximum absolute atomic E-state index is 12.6. The largest absolute Gasteiger partial charge is 0.418 e. The molecule has 0 spiro atoms. The average Bonchev–Trinajstić information content (AvgIpc) is 3.10. The van der Waals surface area contributed by atoms with Gasteiger partial charge in [-0.1, -0.05) is 18.6 Å². The van der Waals surface area contributed by atoms with Crippen LogP contribution in [0.2, 0.25) is 0 Å². The molecule has 4 aliphatic heterocycles. The number of amides is 2. The summed E-state index contributed by atoms with van der Waals surface area (Å²) in [6.07, 6.45) is 0.157. The lowest BCUT2D eigenvalue weighted by molar-refractivity contribution is -0.204. The Bertz CT molecular complexity index is 742. The Kier molecular flexibility index (Phi) is 8.72. The fraction of sp³-hybridized carbons (Fsp3) is 0.818. The van der Waals surface area contributed by atoms with E-state index in [1.165, 1.54) is 4.90 Å². The predicted octanol–water partition coefficient (Wildman–Crippen LogP) is -0.0462. The van der Waals surface area contributed by atoms with Crippen molar-refractivity contribution in [3.05, 3.63) is 12.2 Å². The van der Waals surface area contributed by atoms with Crippen LogP contribution < -0.4 is 5.32 Å². The molecule has 0 aliphatic carbocycles. The first kappa shape index (κ1) is 25.7. The maximum Gasteiger partial charge on any atom is 0.418 e. The number of carbonyl (C=O) groups excluding carboxylic acids is 2. The first-order chi connectivity index (χ1) is 16.4. The zero-order valence-corrected chi connectivity index (χ0v) is 19.7. The fourth-order valence-corrected chi connectivity index (χ4v) is 6.17. The maximum atomic E-state index is 12.6. The van der Waals surface area contributed by atoms with Crippen LogP contribution in [0.5, 0.6) is 0 Å². The van der Waals surface area contributed by atoms with E-state index in [2.05, 4.69) is 5.32 Å². The summed E-state index contributed by atoms with van der Waals surface area (Å²) in [5.74, 6) is 0.234. The van der Waals surface area contributed by atoms with E-state index in [0.717, 1.165) is 31.0 Å². The minimum Gasteiger partial charge on any atom is -0.395 e. The number of carbonyl (C=O) groups is 2. The summed E-state index contributed by atoms with van der Waals surface area (Å²) in [5, 5.41) is 43.1.